The van der Waals surface area contributed by atoms with Crippen LogP contribution in [-0.2, 0) is 0 Å². The minimum absolute atomic E-state index is 0.189. The van der Waals surface area contributed by atoms with Gasteiger partial charge in [-0.2, -0.15) is 0 Å². The maximum absolute atomic E-state index is 10.7. The Morgan fingerprint density at radius 2 is 2.36 bits per heavy atom. The molecule has 0 aliphatic rings. The molecule has 0 amide bonds. The van der Waals surface area contributed by atoms with Crippen LogP contribution >= 0.6 is 11.6 Å². The van der Waals surface area contributed by atoms with Crippen molar-refractivity contribution in [2.24, 2.45) is 0 Å². The van der Waals surface area contributed by atoms with Crippen molar-refractivity contribution in [2.45, 2.75) is 19.8 Å². The standard InChI is InChI=1S/C9H12ClN3O/c1-2-3-4-11-9-7(5-14)8(10)12-6-13-9/h5-6H,2-4H2,1H3,(H,11,12,13). The van der Waals surface area contributed by atoms with Crippen LogP contribution in [0.5, 0.6) is 0 Å². The van der Waals surface area contributed by atoms with Gasteiger partial charge in [-0.05, 0) is 6.42 Å². The zero-order chi connectivity index (χ0) is 10.4. The average molecular weight is 214 g/mol. The van der Waals surface area contributed by atoms with Gasteiger partial charge in [0.15, 0.2) is 6.29 Å². The van der Waals surface area contributed by atoms with Crippen LogP contribution in [0.15, 0.2) is 6.33 Å². The van der Waals surface area contributed by atoms with Crippen LogP contribution < -0.4 is 5.32 Å². The first kappa shape index (κ1) is 10.9. The molecule has 0 bridgehead atoms. The summed E-state index contributed by atoms with van der Waals surface area (Å²) in [5.41, 5.74) is 0.324. The van der Waals surface area contributed by atoms with E-state index in [1.807, 2.05) is 0 Å². The molecule has 5 heteroatoms. The van der Waals surface area contributed by atoms with Gasteiger partial charge in [0.25, 0.3) is 0 Å². The molecule has 0 spiro atoms. The van der Waals surface area contributed by atoms with Gasteiger partial charge in [-0.25, -0.2) is 9.97 Å². The van der Waals surface area contributed by atoms with Gasteiger partial charge in [0.05, 0.1) is 5.56 Å². The van der Waals surface area contributed by atoms with E-state index in [1.165, 1.54) is 6.33 Å². The largest absolute Gasteiger partial charge is 0.369 e. The molecule has 76 valence electrons. The van der Waals surface area contributed by atoms with Crippen LogP contribution in [0.4, 0.5) is 5.82 Å². The van der Waals surface area contributed by atoms with Gasteiger partial charge >= 0.3 is 0 Å². The summed E-state index contributed by atoms with van der Waals surface area (Å²) in [6.45, 7) is 2.87. The van der Waals surface area contributed by atoms with Gasteiger partial charge < -0.3 is 5.32 Å². The highest BCUT2D eigenvalue weighted by Crippen LogP contribution is 2.16. The second-order valence-corrected chi connectivity index (χ2v) is 3.18. The highest BCUT2D eigenvalue weighted by Gasteiger charge is 2.07. The molecule has 1 aromatic heterocycles. The summed E-state index contributed by atoms with van der Waals surface area (Å²) in [6, 6.07) is 0. The van der Waals surface area contributed by atoms with Crippen molar-refractivity contribution in [2.75, 3.05) is 11.9 Å². The molecule has 1 rings (SSSR count). The van der Waals surface area contributed by atoms with Crippen LogP contribution in [0.3, 0.4) is 0 Å². The summed E-state index contributed by atoms with van der Waals surface area (Å²) in [6.07, 6.45) is 4.11. The van der Waals surface area contributed by atoms with E-state index in [-0.39, 0.29) is 5.15 Å². The van der Waals surface area contributed by atoms with Crippen molar-refractivity contribution >= 4 is 23.7 Å². The first-order chi connectivity index (χ1) is 6.79. The Kier molecular flexibility index (Phi) is 4.32. The van der Waals surface area contributed by atoms with Crippen molar-refractivity contribution in [1.82, 2.24) is 9.97 Å². The lowest BCUT2D eigenvalue weighted by Gasteiger charge is -2.06. The molecule has 14 heavy (non-hydrogen) atoms. The number of unbranched alkanes of at least 4 members (excludes halogenated alkanes) is 1. The molecule has 0 aromatic carbocycles. The zero-order valence-electron chi connectivity index (χ0n) is 7.96. The quantitative estimate of drug-likeness (QED) is 0.463. The average Bonchev–Trinajstić information content (AvgIpc) is 2.18. The van der Waals surface area contributed by atoms with Gasteiger partial charge in [-0.3, -0.25) is 4.79 Å². The fourth-order valence-electron chi connectivity index (χ4n) is 1.00. The number of anilines is 1. The minimum atomic E-state index is 0.189. The van der Waals surface area contributed by atoms with Gasteiger partial charge in [0.2, 0.25) is 0 Å². The fourth-order valence-corrected chi connectivity index (χ4v) is 1.18. The summed E-state index contributed by atoms with van der Waals surface area (Å²) in [7, 11) is 0. The van der Waals surface area contributed by atoms with Crippen LogP contribution in [0.25, 0.3) is 0 Å². The SMILES string of the molecule is CCCCNc1ncnc(Cl)c1C=O. The van der Waals surface area contributed by atoms with E-state index in [4.69, 9.17) is 11.6 Å². The number of carbonyl (C=O) groups is 1. The van der Waals surface area contributed by atoms with Crippen LogP contribution in [0, 0.1) is 0 Å². The van der Waals surface area contributed by atoms with Crippen LogP contribution in [0.1, 0.15) is 30.1 Å². The van der Waals surface area contributed by atoms with Crippen molar-refractivity contribution in [3.63, 3.8) is 0 Å². The second kappa shape index (κ2) is 5.54. The maximum Gasteiger partial charge on any atom is 0.156 e. The molecule has 0 saturated heterocycles. The first-order valence-corrected chi connectivity index (χ1v) is 4.87. The molecule has 0 atom stereocenters. The number of carbonyl (C=O) groups excluding carboxylic acids is 1. The first-order valence-electron chi connectivity index (χ1n) is 4.49. The highest BCUT2D eigenvalue weighted by atomic mass is 35.5. The molecule has 1 N–H and O–H groups in total. The normalized spacial score (nSPS) is 9.86. The van der Waals surface area contributed by atoms with E-state index in [2.05, 4.69) is 22.2 Å². The predicted octanol–water partition coefficient (Wildman–Crippen LogP) is 2.15. The Bertz CT molecular complexity index is 317. The summed E-state index contributed by atoms with van der Waals surface area (Å²) in [5, 5.41) is 3.23. The number of nitrogens with one attached hydrogen (secondary N) is 1. The Hall–Kier alpha value is -1.16. The van der Waals surface area contributed by atoms with E-state index >= 15 is 0 Å². The third kappa shape index (κ3) is 2.67. The fraction of sp³-hybridized carbons (Fsp3) is 0.444. The number of nitrogens with zero attached hydrogens (tertiary/aromatic N) is 2. The Balaban J connectivity index is 2.75. The Labute approximate surface area is 87.7 Å². The van der Waals surface area contributed by atoms with Gasteiger partial charge in [0.1, 0.15) is 17.3 Å². The van der Waals surface area contributed by atoms with E-state index in [1.54, 1.807) is 0 Å². The number of halogens is 1. The lowest BCUT2D eigenvalue weighted by Crippen LogP contribution is -2.06. The lowest BCUT2D eigenvalue weighted by atomic mass is 10.3. The van der Waals surface area contributed by atoms with E-state index in [0.29, 0.717) is 17.7 Å². The molecule has 0 saturated carbocycles. The maximum atomic E-state index is 10.7. The molecule has 4 nitrogen and oxygen atoms in total. The molecule has 0 aliphatic heterocycles. The topological polar surface area (TPSA) is 54.9 Å². The summed E-state index contributed by atoms with van der Waals surface area (Å²) in [4.78, 5) is 18.3. The molecule has 1 aromatic rings. The second-order valence-electron chi connectivity index (χ2n) is 2.82. The molecule has 0 radical (unpaired) electrons. The number of aldehydes is 1. The summed E-state index contributed by atoms with van der Waals surface area (Å²) in [5.74, 6) is 0.508. The van der Waals surface area contributed by atoms with Gasteiger partial charge in [0, 0.05) is 6.54 Å². The number of rotatable bonds is 5. The Morgan fingerprint density at radius 3 is 3.00 bits per heavy atom. The van der Waals surface area contributed by atoms with Crippen molar-refractivity contribution in [1.29, 1.82) is 0 Å². The third-order valence-electron chi connectivity index (χ3n) is 1.78. The summed E-state index contributed by atoms with van der Waals surface area (Å²) >= 11 is 5.72. The Morgan fingerprint density at radius 1 is 1.57 bits per heavy atom. The number of aromatic nitrogens is 2. The van der Waals surface area contributed by atoms with Gasteiger partial charge in [-0.15, -0.1) is 0 Å². The number of hydrogen-bond acceptors (Lipinski definition) is 4. The molecule has 0 fully saturated rings. The zero-order valence-corrected chi connectivity index (χ0v) is 8.71. The summed E-state index contributed by atoms with van der Waals surface area (Å²) < 4.78 is 0. The smallest absolute Gasteiger partial charge is 0.156 e. The number of hydrogen-bond donors (Lipinski definition) is 1. The molecular formula is C9H12ClN3O. The van der Waals surface area contributed by atoms with E-state index in [9.17, 15) is 4.79 Å². The molecule has 0 aliphatic carbocycles. The van der Waals surface area contributed by atoms with Crippen LogP contribution in [0.2, 0.25) is 5.15 Å². The monoisotopic (exact) mass is 213 g/mol. The van der Waals surface area contributed by atoms with E-state index < -0.39 is 0 Å². The van der Waals surface area contributed by atoms with Gasteiger partial charge in [-0.1, -0.05) is 24.9 Å². The van der Waals surface area contributed by atoms with E-state index in [0.717, 1.165) is 19.4 Å². The lowest BCUT2D eigenvalue weighted by molar-refractivity contribution is 0.112. The van der Waals surface area contributed by atoms with Crippen molar-refractivity contribution < 1.29 is 4.79 Å². The predicted molar refractivity (Wildman–Crippen MR) is 55.8 cm³/mol. The van der Waals surface area contributed by atoms with Crippen molar-refractivity contribution in [3.8, 4) is 0 Å². The molecular weight excluding hydrogens is 202 g/mol. The highest BCUT2D eigenvalue weighted by molar-refractivity contribution is 6.32. The third-order valence-corrected chi connectivity index (χ3v) is 2.08. The molecule has 1 heterocycles. The van der Waals surface area contributed by atoms with Crippen LogP contribution in [-0.4, -0.2) is 22.8 Å². The molecule has 0 unspecified atom stereocenters. The van der Waals surface area contributed by atoms with Crippen molar-refractivity contribution in [3.05, 3.63) is 17.0 Å². The minimum Gasteiger partial charge on any atom is -0.369 e.